The summed E-state index contributed by atoms with van der Waals surface area (Å²) in [6.45, 7) is 0. The van der Waals surface area contributed by atoms with Crippen molar-refractivity contribution in [2.45, 2.75) is 6.42 Å². The molecular weight excluding hydrogens is 310 g/mol. The van der Waals surface area contributed by atoms with Gasteiger partial charge in [0.15, 0.2) is 10.5 Å². The molecule has 0 aliphatic rings. The Labute approximate surface area is 111 Å². The number of ketones is 1. The molecule has 2 nitrogen and oxygen atoms in total. The zero-order valence-corrected chi connectivity index (χ0v) is 10.9. The molecule has 0 radical (unpaired) electrons. The number of halogens is 3. The van der Waals surface area contributed by atoms with Gasteiger partial charge in [-0.2, -0.15) is 0 Å². The van der Waals surface area contributed by atoms with E-state index in [1.165, 1.54) is 18.4 Å². The summed E-state index contributed by atoms with van der Waals surface area (Å²) in [6.07, 6.45) is 1.37. The number of carbonyl (C=O) groups is 1. The first kappa shape index (κ1) is 12.3. The number of benzene rings is 1. The molecule has 0 fully saturated rings. The Morgan fingerprint density at radius 2 is 2.18 bits per heavy atom. The third-order valence-corrected chi connectivity index (χ3v) is 3.13. The number of rotatable bonds is 3. The lowest BCUT2D eigenvalue weighted by Gasteiger charge is -2.02. The second kappa shape index (κ2) is 5.02. The number of hydrogen-bond acceptors (Lipinski definition) is 2. The first-order valence-electron chi connectivity index (χ1n) is 4.78. The Bertz CT molecular complexity index is 565. The maximum Gasteiger partial charge on any atom is 0.179 e. The highest BCUT2D eigenvalue weighted by atomic mass is 79.9. The highest BCUT2D eigenvalue weighted by Crippen LogP contribution is 2.21. The first-order chi connectivity index (χ1) is 8.08. The molecule has 0 atom stereocenters. The zero-order chi connectivity index (χ0) is 12.4. The summed E-state index contributed by atoms with van der Waals surface area (Å²) < 4.78 is 18.8. The van der Waals surface area contributed by atoms with Crippen LogP contribution in [-0.4, -0.2) is 5.78 Å². The summed E-state index contributed by atoms with van der Waals surface area (Å²) in [4.78, 5) is 11.8. The largest absolute Gasteiger partial charge is 0.457 e. The molecule has 0 saturated carbocycles. The fourth-order valence-electron chi connectivity index (χ4n) is 1.43. The van der Waals surface area contributed by atoms with Gasteiger partial charge in [-0.3, -0.25) is 4.79 Å². The minimum absolute atomic E-state index is 0.0267. The summed E-state index contributed by atoms with van der Waals surface area (Å²) in [7, 11) is 0. The van der Waals surface area contributed by atoms with Gasteiger partial charge in [0.1, 0.15) is 5.82 Å². The minimum atomic E-state index is -0.481. The first-order valence-corrected chi connectivity index (χ1v) is 5.95. The van der Waals surface area contributed by atoms with E-state index >= 15 is 0 Å². The van der Waals surface area contributed by atoms with Gasteiger partial charge in [0, 0.05) is 11.4 Å². The van der Waals surface area contributed by atoms with Crippen LogP contribution < -0.4 is 0 Å². The van der Waals surface area contributed by atoms with Crippen LogP contribution in [0.15, 0.2) is 39.6 Å². The fraction of sp³-hybridized carbons (Fsp3) is 0.0833. The molecule has 17 heavy (non-hydrogen) atoms. The second-order valence-electron chi connectivity index (χ2n) is 3.44. The number of hydrogen-bond donors (Lipinski definition) is 0. The van der Waals surface area contributed by atoms with E-state index in [0.29, 0.717) is 20.8 Å². The average molecular weight is 318 g/mol. The van der Waals surface area contributed by atoms with E-state index in [0.717, 1.165) is 0 Å². The molecule has 5 heteroatoms. The van der Waals surface area contributed by atoms with Crippen LogP contribution in [0.1, 0.15) is 15.9 Å². The van der Waals surface area contributed by atoms with Crippen LogP contribution in [0.2, 0.25) is 5.02 Å². The monoisotopic (exact) mass is 316 g/mol. The Balaban J connectivity index is 2.22. The van der Waals surface area contributed by atoms with E-state index in [-0.39, 0.29) is 12.2 Å². The van der Waals surface area contributed by atoms with Gasteiger partial charge in [-0.25, -0.2) is 4.39 Å². The van der Waals surface area contributed by atoms with Crippen molar-refractivity contribution < 1.29 is 13.6 Å². The predicted molar refractivity (Wildman–Crippen MR) is 65.9 cm³/mol. The third kappa shape index (κ3) is 2.76. The molecule has 2 rings (SSSR count). The summed E-state index contributed by atoms with van der Waals surface area (Å²) in [5.74, 6) is -0.697. The Kier molecular flexibility index (Phi) is 3.64. The molecule has 1 heterocycles. The van der Waals surface area contributed by atoms with Gasteiger partial charge in [-0.05, 0) is 39.7 Å². The predicted octanol–water partition coefficient (Wildman–Crippen LogP) is 4.26. The van der Waals surface area contributed by atoms with Crippen molar-refractivity contribution >= 4 is 33.3 Å². The van der Waals surface area contributed by atoms with Crippen molar-refractivity contribution in [3.63, 3.8) is 0 Å². The van der Waals surface area contributed by atoms with Crippen molar-refractivity contribution in [2.24, 2.45) is 0 Å². The molecule has 0 amide bonds. The normalized spacial score (nSPS) is 10.5. The van der Waals surface area contributed by atoms with Crippen molar-refractivity contribution in [3.8, 4) is 0 Å². The van der Waals surface area contributed by atoms with E-state index in [1.54, 1.807) is 12.1 Å². The SMILES string of the molecule is O=C(Cc1ccc(Cl)cc1F)c1ccoc1Br. The van der Waals surface area contributed by atoms with Crippen LogP contribution in [-0.2, 0) is 6.42 Å². The van der Waals surface area contributed by atoms with E-state index in [9.17, 15) is 9.18 Å². The topological polar surface area (TPSA) is 30.2 Å². The molecule has 1 aromatic carbocycles. The molecule has 0 unspecified atom stereocenters. The van der Waals surface area contributed by atoms with Crippen LogP contribution in [0.25, 0.3) is 0 Å². The van der Waals surface area contributed by atoms with Gasteiger partial charge in [-0.1, -0.05) is 17.7 Å². The highest BCUT2D eigenvalue weighted by molar-refractivity contribution is 9.10. The molecule has 0 saturated heterocycles. The molecule has 0 N–H and O–H groups in total. The van der Waals surface area contributed by atoms with Crippen LogP contribution >= 0.6 is 27.5 Å². The fourth-order valence-corrected chi connectivity index (χ4v) is 2.05. The number of Topliss-reactive ketones (excluding diaryl/α,β-unsaturated/α-hetero) is 1. The van der Waals surface area contributed by atoms with Crippen LogP contribution in [0.4, 0.5) is 4.39 Å². The van der Waals surface area contributed by atoms with Gasteiger partial charge >= 0.3 is 0 Å². The van der Waals surface area contributed by atoms with E-state index in [4.69, 9.17) is 16.0 Å². The number of furan rings is 1. The van der Waals surface area contributed by atoms with E-state index in [1.807, 2.05) is 0 Å². The zero-order valence-electron chi connectivity index (χ0n) is 8.54. The second-order valence-corrected chi connectivity index (χ2v) is 4.60. The Morgan fingerprint density at radius 1 is 1.41 bits per heavy atom. The van der Waals surface area contributed by atoms with Crippen molar-refractivity contribution in [1.29, 1.82) is 0 Å². The molecule has 0 spiro atoms. The number of carbonyl (C=O) groups excluding carboxylic acids is 1. The molecule has 0 aliphatic carbocycles. The maximum absolute atomic E-state index is 13.5. The summed E-state index contributed by atoms with van der Waals surface area (Å²) in [5, 5.41) is 0.309. The third-order valence-electron chi connectivity index (χ3n) is 2.28. The molecule has 1 aromatic heterocycles. The van der Waals surface area contributed by atoms with Crippen LogP contribution in [0.3, 0.4) is 0 Å². The van der Waals surface area contributed by atoms with Gasteiger partial charge in [0.25, 0.3) is 0 Å². The highest BCUT2D eigenvalue weighted by Gasteiger charge is 2.15. The maximum atomic E-state index is 13.5. The standard InChI is InChI=1S/C12H7BrClFO2/c13-12-9(3-4-17-12)11(16)5-7-1-2-8(14)6-10(7)15/h1-4,6H,5H2. The lowest BCUT2D eigenvalue weighted by molar-refractivity contribution is 0.0990. The Hall–Kier alpha value is -1.13. The molecule has 2 aromatic rings. The lowest BCUT2D eigenvalue weighted by atomic mass is 10.1. The summed E-state index contributed by atoms with van der Waals surface area (Å²) in [5.41, 5.74) is 0.715. The molecular formula is C12H7BrClFO2. The quantitative estimate of drug-likeness (QED) is 0.792. The van der Waals surface area contributed by atoms with E-state index < -0.39 is 5.82 Å². The van der Waals surface area contributed by atoms with Gasteiger partial charge in [-0.15, -0.1) is 0 Å². The van der Waals surface area contributed by atoms with Gasteiger partial charge in [0.05, 0.1) is 11.8 Å². The average Bonchev–Trinajstić information content (AvgIpc) is 2.68. The van der Waals surface area contributed by atoms with E-state index in [2.05, 4.69) is 15.9 Å². The molecule has 0 bridgehead atoms. The molecule has 0 aliphatic heterocycles. The minimum Gasteiger partial charge on any atom is -0.457 e. The Morgan fingerprint density at radius 3 is 2.76 bits per heavy atom. The van der Waals surface area contributed by atoms with Crippen molar-refractivity contribution in [2.75, 3.05) is 0 Å². The molecule has 88 valence electrons. The lowest BCUT2D eigenvalue weighted by Crippen LogP contribution is -2.04. The summed E-state index contributed by atoms with van der Waals surface area (Å²) >= 11 is 8.74. The summed E-state index contributed by atoms with van der Waals surface area (Å²) in [6, 6.07) is 5.79. The smallest absolute Gasteiger partial charge is 0.179 e. The van der Waals surface area contributed by atoms with Crippen molar-refractivity contribution in [1.82, 2.24) is 0 Å². The van der Waals surface area contributed by atoms with Crippen LogP contribution in [0, 0.1) is 5.82 Å². The van der Waals surface area contributed by atoms with Crippen LogP contribution in [0.5, 0.6) is 0 Å². The van der Waals surface area contributed by atoms with Gasteiger partial charge in [0.2, 0.25) is 0 Å². The van der Waals surface area contributed by atoms with Gasteiger partial charge < -0.3 is 4.42 Å². The van der Waals surface area contributed by atoms with Crippen molar-refractivity contribution in [3.05, 3.63) is 57.2 Å².